The molecule has 1 aromatic carbocycles. The number of benzene rings is 1. The number of rotatable bonds is 4. The van der Waals surface area contributed by atoms with Gasteiger partial charge >= 0.3 is 5.97 Å². The lowest BCUT2D eigenvalue weighted by molar-refractivity contribution is -0.115. The van der Waals surface area contributed by atoms with Crippen LogP contribution in [0.5, 0.6) is 0 Å². The molecule has 0 saturated heterocycles. The van der Waals surface area contributed by atoms with Crippen molar-refractivity contribution >= 4 is 17.6 Å². The summed E-state index contributed by atoms with van der Waals surface area (Å²) in [6.07, 6.45) is 7.13. The molecule has 1 amide bonds. The van der Waals surface area contributed by atoms with E-state index in [1.165, 1.54) is 25.5 Å². The Kier molecular flexibility index (Phi) is 4.93. The van der Waals surface area contributed by atoms with Gasteiger partial charge < -0.3 is 10.1 Å². The molecular weight excluding hydrogens is 254 g/mol. The summed E-state index contributed by atoms with van der Waals surface area (Å²) < 4.78 is 4.62. The number of nitrogens with one attached hydrogen (secondary N) is 1. The van der Waals surface area contributed by atoms with Crippen LogP contribution in [0.25, 0.3) is 0 Å². The second kappa shape index (κ2) is 6.89. The Morgan fingerprint density at radius 3 is 2.55 bits per heavy atom. The van der Waals surface area contributed by atoms with Gasteiger partial charge in [-0.25, -0.2) is 4.79 Å². The first kappa shape index (κ1) is 14.3. The Morgan fingerprint density at radius 2 is 1.95 bits per heavy atom. The fourth-order valence-electron chi connectivity index (χ4n) is 2.28. The van der Waals surface area contributed by atoms with E-state index >= 15 is 0 Å². The summed E-state index contributed by atoms with van der Waals surface area (Å²) >= 11 is 0. The molecular formula is C16H19NO3. The van der Waals surface area contributed by atoms with Gasteiger partial charge in [-0.05, 0) is 49.9 Å². The molecule has 0 radical (unpaired) electrons. The normalized spacial score (nSPS) is 14.3. The van der Waals surface area contributed by atoms with Gasteiger partial charge in [-0.1, -0.05) is 11.6 Å². The van der Waals surface area contributed by atoms with Gasteiger partial charge in [0.05, 0.1) is 12.7 Å². The molecule has 0 unspecified atom stereocenters. The molecule has 0 saturated carbocycles. The molecule has 4 nitrogen and oxygen atoms in total. The third-order valence-corrected chi connectivity index (χ3v) is 3.36. The van der Waals surface area contributed by atoms with E-state index in [0.29, 0.717) is 17.7 Å². The molecule has 0 aromatic heterocycles. The minimum absolute atomic E-state index is 0.0102. The Hall–Kier alpha value is -2.10. The van der Waals surface area contributed by atoms with Crippen molar-refractivity contribution in [2.45, 2.75) is 32.1 Å². The van der Waals surface area contributed by atoms with Crippen molar-refractivity contribution in [1.29, 1.82) is 0 Å². The number of ether oxygens (including phenoxy) is 1. The number of anilines is 1. The summed E-state index contributed by atoms with van der Waals surface area (Å²) in [6.45, 7) is 0. The maximum Gasteiger partial charge on any atom is 0.337 e. The highest BCUT2D eigenvalue weighted by molar-refractivity contribution is 5.94. The van der Waals surface area contributed by atoms with E-state index in [1.54, 1.807) is 24.3 Å². The Balaban J connectivity index is 1.90. The molecule has 0 aliphatic heterocycles. The first-order chi connectivity index (χ1) is 9.69. The van der Waals surface area contributed by atoms with Gasteiger partial charge in [0.2, 0.25) is 5.91 Å². The summed E-state index contributed by atoms with van der Waals surface area (Å²) in [7, 11) is 1.34. The van der Waals surface area contributed by atoms with Crippen LogP contribution >= 0.6 is 0 Å². The minimum atomic E-state index is -0.379. The van der Waals surface area contributed by atoms with E-state index in [0.717, 1.165) is 12.8 Å². The Labute approximate surface area is 118 Å². The van der Waals surface area contributed by atoms with Crippen molar-refractivity contribution in [3.63, 3.8) is 0 Å². The van der Waals surface area contributed by atoms with Gasteiger partial charge in [0.1, 0.15) is 0 Å². The number of methoxy groups -OCH3 is 1. The quantitative estimate of drug-likeness (QED) is 0.676. The Bertz CT molecular complexity index is 517. The topological polar surface area (TPSA) is 55.4 Å². The van der Waals surface area contributed by atoms with E-state index < -0.39 is 0 Å². The predicted molar refractivity (Wildman–Crippen MR) is 77.6 cm³/mol. The molecule has 1 aliphatic rings. The molecule has 1 aromatic rings. The standard InChI is InChI=1S/C16H19NO3/c1-20-16(19)13-7-9-14(10-8-13)17-15(18)11-12-5-3-2-4-6-12/h5,7-10H,2-4,6,11H2,1H3,(H,17,18). The largest absolute Gasteiger partial charge is 0.465 e. The average Bonchev–Trinajstić information content (AvgIpc) is 2.48. The molecule has 20 heavy (non-hydrogen) atoms. The van der Waals surface area contributed by atoms with Gasteiger partial charge in [0.15, 0.2) is 0 Å². The molecule has 0 fully saturated rings. The Morgan fingerprint density at radius 1 is 1.20 bits per heavy atom. The monoisotopic (exact) mass is 273 g/mol. The van der Waals surface area contributed by atoms with E-state index in [1.807, 2.05) is 0 Å². The second-order valence-corrected chi connectivity index (χ2v) is 4.90. The van der Waals surface area contributed by atoms with Crippen molar-refractivity contribution in [3.8, 4) is 0 Å². The number of allylic oxidation sites excluding steroid dienone is 1. The van der Waals surface area contributed by atoms with Crippen LogP contribution in [0.4, 0.5) is 5.69 Å². The number of hydrogen-bond donors (Lipinski definition) is 1. The van der Waals surface area contributed by atoms with Crippen LogP contribution in [0.3, 0.4) is 0 Å². The smallest absolute Gasteiger partial charge is 0.337 e. The molecule has 0 atom stereocenters. The maximum absolute atomic E-state index is 11.9. The maximum atomic E-state index is 11.9. The molecule has 1 aliphatic carbocycles. The van der Waals surface area contributed by atoms with Crippen LogP contribution in [0.15, 0.2) is 35.9 Å². The molecule has 0 bridgehead atoms. The molecule has 4 heteroatoms. The van der Waals surface area contributed by atoms with Gasteiger partial charge in [-0.2, -0.15) is 0 Å². The zero-order valence-electron chi connectivity index (χ0n) is 11.6. The molecule has 0 heterocycles. The first-order valence-corrected chi connectivity index (χ1v) is 6.85. The van der Waals surface area contributed by atoms with Crippen molar-refractivity contribution in [2.24, 2.45) is 0 Å². The predicted octanol–water partition coefficient (Wildman–Crippen LogP) is 3.30. The zero-order chi connectivity index (χ0) is 14.4. The van der Waals surface area contributed by atoms with Gasteiger partial charge in [0.25, 0.3) is 0 Å². The number of amides is 1. The number of carbonyl (C=O) groups excluding carboxylic acids is 2. The second-order valence-electron chi connectivity index (χ2n) is 4.90. The highest BCUT2D eigenvalue weighted by Crippen LogP contribution is 2.20. The fraction of sp³-hybridized carbons (Fsp3) is 0.375. The zero-order valence-corrected chi connectivity index (χ0v) is 11.6. The molecule has 1 N–H and O–H groups in total. The number of hydrogen-bond acceptors (Lipinski definition) is 3. The lowest BCUT2D eigenvalue weighted by Crippen LogP contribution is -2.13. The van der Waals surface area contributed by atoms with Crippen LogP contribution < -0.4 is 5.32 Å². The van der Waals surface area contributed by atoms with Crippen molar-refractivity contribution in [1.82, 2.24) is 0 Å². The minimum Gasteiger partial charge on any atom is -0.465 e. The van der Waals surface area contributed by atoms with Crippen LogP contribution in [0.1, 0.15) is 42.5 Å². The third-order valence-electron chi connectivity index (χ3n) is 3.36. The van der Waals surface area contributed by atoms with Crippen LogP contribution in [-0.2, 0) is 9.53 Å². The van der Waals surface area contributed by atoms with Gasteiger partial charge in [-0.3, -0.25) is 4.79 Å². The van der Waals surface area contributed by atoms with Crippen molar-refractivity contribution in [2.75, 3.05) is 12.4 Å². The highest BCUT2D eigenvalue weighted by Gasteiger charge is 2.10. The first-order valence-electron chi connectivity index (χ1n) is 6.85. The lowest BCUT2D eigenvalue weighted by Gasteiger charge is -2.12. The SMILES string of the molecule is COC(=O)c1ccc(NC(=O)CC2=CCCCC2)cc1. The highest BCUT2D eigenvalue weighted by atomic mass is 16.5. The van der Waals surface area contributed by atoms with Crippen LogP contribution in [0, 0.1) is 0 Å². The summed E-state index contributed by atoms with van der Waals surface area (Å²) in [4.78, 5) is 23.2. The van der Waals surface area contributed by atoms with Crippen LogP contribution in [0.2, 0.25) is 0 Å². The van der Waals surface area contributed by atoms with E-state index in [-0.39, 0.29) is 11.9 Å². The summed E-state index contributed by atoms with van der Waals surface area (Å²) in [5.41, 5.74) is 2.39. The molecule has 2 rings (SSSR count). The summed E-state index contributed by atoms with van der Waals surface area (Å²) in [5, 5.41) is 2.84. The van der Waals surface area contributed by atoms with Gasteiger partial charge in [0, 0.05) is 12.1 Å². The fourth-order valence-corrected chi connectivity index (χ4v) is 2.28. The third kappa shape index (κ3) is 3.95. The number of esters is 1. The molecule has 0 spiro atoms. The van der Waals surface area contributed by atoms with E-state index in [2.05, 4.69) is 16.1 Å². The van der Waals surface area contributed by atoms with E-state index in [9.17, 15) is 9.59 Å². The lowest BCUT2D eigenvalue weighted by atomic mass is 9.97. The van der Waals surface area contributed by atoms with E-state index in [4.69, 9.17) is 0 Å². The van der Waals surface area contributed by atoms with Crippen molar-refractivity contribution in [3.05, 3.63) is 41.5 Å². The van der Waals surface area contributed by atoms with Crippen LogP contribution in [-0.4, -0.2) is 19.0 Å². The summed E-state index contributed by atoms with van der Waals surface area (Å²) in [5.74, 6) is -0.390. The number of carbonyl (C=O) groups is 2. The van der Waals surface area contributed by atoms with Crippen molar-refractivity contribution < 1.29 is 14.3 Å². The van der Waals surface area contributed by atoms with Gasteiger partial charge in [-0.15, -0.1) is 0 Å². The molecule has 106 valence electrons. The average molecular weight is 273 g/mol. The summed E-state index contributed by atoms with van der Waals surface area (Å²) in [6, 6.07) is 6.70.